The van der Waals surface area contributed by atoms with Crippen molar-refractivity contribution in [2.24, 2.45) is 0 Å². The third-order valence-electron chi connectivity index (χ3n) is 2.40. The van der Waals surface area contributed by atoms with Gasteiger partial charge in [-0.05, 0) is 13.0 Å². The highest BCUT2D eigenvalue weighted by Crippen LogP contribution is 2.17. The molecule has 0 aliphatic carbocycles. The van der Waals surface area contributed by atoms with Crippen molar-refractivity contribution < 1.29 is 23.5 Å². The van der Waals surface area contributed by atoms with Gasteiger partial charge in [0.25, 0.3) is 0 Å². The van der Waals surface area contributed by atoms with E-state index in [9.17, 15) is 18.4 Å². The fourth-order valence-electron chi connectivity index (χ4n) is 1.46. The van der Waals surface area contributed by atoms with Crippen molar-refractivity contribution in [1.29, 1.82) is 0 Å². The number of carboxylic acids is 1. The summed E-state index contributed by atoms with van der Waals surface area (Å²) in [7, 11) is 0. The molecule has 0 unspecified atom stereocenters. The molecule has 1 aromatic rings. The lowest BCUT2D eigenvalue weighted by Gasteiger charge is -2.15. The molecular weight excluding hydrogens is 258 g/mol. The molecule has 19 heavy (non-hydrogen) atoms. The third kappa shape index (κ3) is 4.90. The number of halogens is 2. The summed E-state index contributed by atoms with van der Waals surface area (Å²) in [4.78, 5) is 21.6. The van der Waals surface area contributed by atoms with E-state index in [1.807, 2.05) is 0 Å². The minimum Gasteiger partial charge on any atom is -0.481 e. The average molecular weight is 272 g/mol. The summed E-state index contributed by atoms with van der Waals surface area (Å²) in [5, 5.41) is 13.1. The molecule has 2 amide bonds. The van der Waals surface area contributed by atoms with Crippen LogP contribution < -0.4 is 10.6 Å². The van der Waals surface area contributed by atoms with Crippen LogP contribution in [0.25, 0.3) is 0 Å². The quantitative estimate of drug-likeness (QED) is 0.764. The van der Waals surface area contributed by atoms with Crippen LogP contribution in [0.3, 0.4) is 0 Å². The maximum absolute atomic E-state index is 13.4. The first kappa shape index (κ1) is 14.9. The Bertz CT molecular complexity index is 480. The van der Waals surface area contributed by atoms with Crippen molar-refractivity contribution in [2.45, 2.75) is 19.4 Å². The molecule has 7 heteroatoms. The fraction of sp³-hybridized carbons (Fsp3) is 0.333. The SMILES string of the molecule is C[C@@H](NC(=O)NCCC(=O)O)c1ccc(F)cc1F. The first-order chi connectivity index (χ1) is 8.90. The molecule has 0 aliphatic heterocycles. The third-order valence-corrected chi connectivity index (χ3v) is 2.40. The smallest absolute Gasteiger partial charge is 0.315 e. The highest BCUT2D eigenvalue weighted by molar-refractivity contribution is 5.75. The first-order valence-corrected chi connectivity index (χ1v) is 5.61. The van der Waals surface area contributed by atoms with E-state index >= 15 is 0 Å². The summed E-state index contributed by atoms with van der Waals surface area (Å²) in [5.74, 6) is -2.48. The van der Waals surface area contributed by atoms with Crippen molar-refractivity contribution in [3.8, 4) is 0 Å². The van der Waals surface area contributed by atoms with Crippen LogP contribution in [0.15, 0.2) is 18.2 Å². The zero-order chi connectivity index (χ0) is 14.4. The Morgan fingerprint density at radius 1 is 1.37 bits per heavy atom. The molecule has 0 aliphatic rings. The zero-order valence-electron chi connectivity index (χ0n) is 10.2. The van der Waals surface area contributed by atoms with E-state index in [4.69, 9.17) is 5.11 Å². The minimum atomic E-state index is -1.03. The van der Waals surface area contributed by atoms with Crippen LogP contribution in [-0.4, -0.2) is 23.7 Å². The molecule has 3 N–H and O–H groups in total. The lowest BCUT2D eigenvalue weighted by Crippen LogP contribution is -2.38. The number of carbonyl (C=O) groups is 2. The van der Waals surface area contributed by atoms with Crippen molar-refractivity contribution in [2.75, 3.05) is 6.54 Å². The summed E-state index contributed by atoms with van der Waals surface area (Å²) >= 11 is 0. The van der Waals surface area contributed by atoms with Gasteiger partial charge < -0.3 is 15.7 Å². The Hall–Kier alpha value is -2.18. The summed E-state index contributed by atoms with van der Waals surface area (Å²) in [6.07, 6.45) is -0.202. The van der Waals surface area contributed by atoms with Gasteiger partial charge >= 0.3 is 12.0 Å². The van der Waals surface area contributed by atoms with E-state index in [-0.39, 0.29) is 18.5 Å². The van der Waals surface area contributed by atoms with Crippen LogP contribution in [-0.2, 0) is 4.79 Å². The van der Waals surface area contributed by atoms with Gasteiger partial charge in [0.2, 0.25) is 0 Å². The number of aliphatic carboxylic acids is 1. The van der Waals surface area contributed by atoms with Gasteiger partial charge in [0.15, 0.2) is 0 Å². The van der Waals surface area contributed by atoms with E-state index in [2.05, 4.69) is 10.6 Å². The molecule has 0 bridgehead atoms. The van der Waals surface area contributed by atoms with Gasteiger partial charge in [0.1, 0.15) is 11.6 Å². The van der Waals surface area contributed by atoms with Crippen LogP contribution in [0, 0.1) is 11.6 Å². The largest absolute Gasteiger partial charge is 0.481 e. The van der Waals surface area contributed by atoms with Crippen LogP contribution in [0.1, 0.15) is 24.9 Å². The Labute approximate surface area is 108 Å². The van der Waals surface area contributed by atoms with E-state index in [0.29, 0.717) is 0 Å². The van der Waals surface area contributed by atoms with E-state index in [1.54, 1.807) is 0 Å². The topological polar surface area (TPSA) is 78.4 Å². The molecule has 0 saturated carbocycles. The molecule has 0 aromatic heterocycles. The van der Waals surface area contributed by atoms with Crippen molar-refractivity contribution in [3.63, 3.8) is 0 Å². The van der Waals surface area contributed by atoms with E-state index in [0.717, 1.165) is 12.1 Å². The Morgan fingerprint density at radius 3 is 2.63 bits per heavy atom. The molecule has 0 fully saturated rings. The Balaban J connectivity index is 2.52. The highest BCUT2D eigenvalue weighted by atomic mass is 19.1. The second-order valence-corrected chi connectivity index (χ2v) is 3.93. The number of hydrogen-bond acceptors (Lipinski definition) is 2. The predicted molar refractivity (Wildman–Crippen MR) is 63.6 cm³/mol. The van der Waals surface area contributed by atoms with Gasteiger partial charge in [-0.25, -0.2) is 13.6 Å². The van der Waals surface area contributed by atoms with Crippen molar-refractivity contribution in [3.05, 3.63) is 35.4 Å². The normalized spacial score (nSPS) is 11.7. The summed E-state index contributed by atoms with van der Waals surface area (Å²) in [5.41, 5.74) is 0.148. The number of carboxylic acid groups (broad SMARTS) is 1. The van der Waals surface area contributed by atoms with Crippen LogP contribution in [0.2, 0.25) is 0 Å². The molecule has 0 spiro atoms. The van der Waals surface area contributed by atoms with Crippen LogP contribution in [0.4, 0.5) is 13.6 Å². The van der Waals surface area contributed by atoms with Gasteiger partial charge in [-0.2, -0.15) is 0 Å². The predicted octanol–water partition coefficient (Wildman–Crippen LogP) is 1.80. The second-order valence-electron chi connectivity index (χ2n) is 3.93. The Kier molecular flexibility index (Phi) is 5.23. The highest BCUT2D eigenvalue weighted by Gasteiger charge is 2.14. The lowest BCUT2D eigenvalue weighted by atomic mass is 10.1. The number of amides is 2. The van der Waals surface area contributed by atoms with E-state index < -0.39 is 29.7 Å². The fourth-order valence-corrected chi connectivity index (χ4v) is 1.46. The first-order valence-electron chi connectivity index (χ1n) is 5.61. The van der Waals surface area contributed by atoms with Crippen molar-refractivity contribution in [1.82, 2.24) is 10.6 Å². The molecule has 1 atom stereocenters. The number of urea groups is 1. The zero-order valence-corrected chi connectivity index (χ0v) is 10.2. The maximum atomic E-state index is 13.4. The molecule has 5 nitrogen and oxygen atoms in total. The molecule has 0 heterocycles. The summed E-state index contributed by atoms with van der Waals surface area (Å²) < 4.78 is 26.1. The summed E-state index contributed by atoms with van der Waals surface area (Å²) in [6, 6.07) is 1.80. The second kappa shape index (κ2) is 6.67. The Morgan fingerprint density at radius 2 is 2.05 bits per heavy atom. The van der Waals surface area contributed by atoms with Gasteiger partial charge in [-0.1, -0.05) is 6.07 Å². The number of nitrogens with one attached hydrogen (secondary N) is 2. The maximum Gasteiger partial charge on any atom is 0.315 e. The van der Waals surface area contributed by atoms with Crippen molar-refractivity contribution >= 4 is 12.0 Å². The number of rotatable bonds is 5. The standard InChI is InChI=1S/C12H14F2N2O3/c1-7(9-3-2-8(13)6-10(9)14)16-12(19)15-5-4-11(17)18/h2-3,6-7H,4-5H2,1H3,(H,17,18)(H2,15,16,19)/t7-/m1/s1. The number of benzene rings is 1. The lowest BCUT2D eigenvalue weighted by molar-refractivity contribution is -0.136. The molecule has 1 rings (SSSR count). The van der Waals surface area contributed by atoms with Gasteiger partial charge in [-0.3, -0.25) is 4.79 Å². The van der Waals surface area contributed by atoms with Gasteiger partial charge in [0, 0.05) is 18.2 Å². The molecule has 104 valence electrons. The summed E-state index contributed by atoms with van der Waals surface area (Å²) in [6.45, 7) is 1.51. The molecule has 0 radical (unpaired) electrons. The van der Waals surface area contributed by atoms with Gasteiger partial charge in [-0.15, -0.1) is 0 Å². The van der Waals surface area contributed by atoms with Crippen LogP contribution >= 0.6 is 0 Å². The van der Waals surface area contributed by atoms with E-state index in [1.165, 1.54) is 13.0 Å². The van der Waals surface area contributed by atoms with Gasteiger partial charge in [0.05, 0.1) is 12.5 Å². The minimum absolute atomic E-state index is 0.0280. The average Bonchev–Trinajstić information content (AvgIpc) is 2.27. The molecule has 1 aromatic carbocycles. The van der Waals surface area contributed by atoms with Crippen LogP contribution in [0.5, 0.6) is 0 Å². The molecule has 0 saturated heterocycles. The number of carbonyl (C=O) groups excluding carboxylic acids is 1. The monoisotopic (exact) mass is 272 g/mol. The molecular formula is C12H14F2N2O3. The number of hydrogen-bond donors (Lipinski definition) is 3.